The van der Waals surface area contributed by atoms with Gasteiger partial charge >= 0.3 is 0 Å². The molecule has 0 aromatic carbocycles. The van der Waals surface area contributed by atoms with Crippen LogP contribution >= 0.6 is 0 Å². The molecule has 0 spiro atoms. The maximum absolute atomic E-state index is 13.4. The molecule has 1 N–H and O–H groups in total. The number of aromatic nitrogens is 1. The number of amides is 2. The van der Waals surface area contributed by atoms with E-state index in [1.165, 1.54) is 12.5 Å². The maximum atomic E-state index is 13.4. The SMILES string of the molecule is CC(=O)N(C)C[C@H]1Oc2ncc(C3=CCCC3)cc2C(=O)N([C@H](C)CO)C[C@H]1C. The molecule has 1 aromatic heterocycles. The number of aliphatic hydroxyl groups is 1. The Balaban J connectivity index is 2.01. The van der Waals surface area contributed by atoms with Crippen LogP contribution in [0.15, 0.2) is 18.3 Å². The summed E-state index contributed by atoms with van der Waals surface area (Å²) < 4.78 is 6.19. The summed E-state index contributed by atoms with van der Waals surface area (Å²) in [6, 6.07) is 1.54. The minimum Gasteiger partial charge on any atom is -0.472 e. The maximum Gasteiger partial charge on any atom is 0.259 e. The lowest BCUT2D eigenvalue weighted by atomic mass is 9.99. The molecule has 3 rings (SSSR count). The van der Waals surface area contributed by atoms with Crippen LogP contribution in [0.2, 0.25) is 0 Å². The third-order valence-electron chi connectivity index (χ3n) is 5.92. The molecule has 3 atom stereocenters. The van der Waals surface area contributed by atoms with Gasteiger partial charge in [-0.25, -0.2) is 4.98 Å². The van der Waals surface area contributed by atoms with Gasteiger partial charge in [0, 0.05) is 32.6 Å². The first-order valence-corrected chi connectivity index (χ1v) is 10.3. The monoisotopic (exact) mass is 401 g/mol. The molecule has 158 valence electrons. The van der Waals surface area contributed by atoms with E-state index in [-0.39, 0.29) is 36.5 Å². The van der Waals surface area contributed by atoms with Gasteiger partial charge in [0.05, 0.1) is 19.2 Å². The molecule has 0 fully saturated rings. The highest BCUT2D eigenvalue weighted by atomic mass is 16.5. The zero-order chi connectivity index (χ0) is 21.1. The smallest absolute Gasteiger partial charge is 0.259 e. The summed E-state index contributed by atoms with van der Waals surface area (Å²) in [6.07, 6.45) is 6.78. The van der Waals surface area contributed by atoms with Crippen molar-refractivity contribution in [3.8, 4) is 5.88 Å². The first-order valence-electron chi connectivity index (χ1n) is 10.3. The molecule has 0 unspecified atom stereocenters. The van der Waals surface area contributed by atoms with Gasteiger partial charge in [0.15, 0.2) is 0 Å². The summed E-state index contributed by atoms with van der Waals surface area (Å²) in [7, 11) is 1.74. The second-order valence-electron chi connectivity index (χ2n) is 8.22. The summed E-state index contributed by atoms with van der Waals surface area (Å²) in [5, 5.41) is 9.71. The number of likely N-dealkylation sites (N-methyl/N-ethyl adjacent to an activating group) is 1. The molecular formula is C22H31N3O4. The second-order valence-corrected chi connectivity index (χ2v) is 8.22. The van der Waals surface area contributed by atoms with Crippen LogP contribution in [-0.2, 0) is 4.79 Å². The number of carbonyl (C=O) groups excluding carboxylic acids is 2. The third-order valence-corrected chi connectivity index (χ3v) is 5.92. The lowest BCUT2D eigenvalue weighted by Gasteiger charge is -2.37. The molecule has 0 radical (unpaired) electrons. The molecular weight excluding hydrogens is 370 g/mol. The normalized spacial score (nSPS) is 22.9. The molecule has 1 aromatic rings. The molecule has 0 saturated carbocycles. The lowest BCUT2D eigenvalue weighted by Crippen LogP contribution is -2.50. The van der Waals surface area contributed by atoms with Crippen molar-refractivity contribution in [3.05, 3.63) is 29.5 Å². The predicted octanol–water partition coefficient (Wildman–Crippen LogP) is 2.35. The van der Waals surface area contributed by atoms with E-state index in [0.29, 0.717) is 24.5 Å². The Labute approximate surface area is 172 Å². The fraction of sp³-hybridized carbons (Fsp3) is 0.591. The Morgan fingerprint density at radius 2 is 2.24 bits per heavy atom. The molecule has 1 aliphatic heterocycles. The lowest BCUT2D eigenvalue weighted by molar-refractivity contribution is -0.129. The van der Waals surface area contributed by atoms with Crippen LogP contribution in [0, 0.1) is 5.92 Å². The second kappa shape index (κ2) is 8.95. The molecule has 2 aliphatic rings. The minimum absolute atomic E-state index is 0.0399. The number of ether oxygens (including phenoxy) is 1. The summed E-state index contributed by atoms with van der Waals surface area (Å²) in [5.74, 6) is 0.0267. The number of fused-ring (bicyclic) bond motifs is 1. The predicted molar refractivity (Wildman–Crippen MR) is 111 cm³/mol. The van der Waals surface area contributed by atoms with Crippen LogP contribution in [-0.4, -0.2) is 70.6 Å². The average Bonchev–Trinajstić information content (AvgIpc) is 3.24. The van der Waals surface area contributed by atoms with Crippen molar-refractivity contribution < 1.29 is 19.4 Å². The highest BCUT2D eigenvalue weighted by Gasteiger charge is 2.34. The van der Waals surface area contributed by atoms with Crippen molar-refractivity contribution >= 4 is 17.4 Å². The number of rotatable bonds is 5. The van der Waals surface area contributed by atoms with Crippen LogP contribution in [0.3, 0.4) is 0 Å². The van der Waals surface area contributed by atoms with E-state index in [4.69, 9.17) is 4.74 Å². The largest absolute Gasteiger partial charge is 0.472 e. The topological polar surface area (TPSA) is 83.0 Å². The summed E-state index contributed by atoms with van der Waals surface area (Å²) in [6.45, 7) is 6.06. The standard InChI is InChI=1S/C22H31N3O4/c1-14-11-25(15(2)13-26)22(28)19-9-18(17-7-5-6-8-17)10-23-21(19)29-20(14)12-24(4)16(3)27/h7,9-10,14-15,20,26H,5-6,8,11-13H2,1-4H3/t14-,15-,20-/m1/s1. The van der Waals surface area contributed by atoms with Crippen LogP contribution < -0.4 is 4.74 Å². The van der Waals surface area contributed by atoms with Crippen molar-refractivity contribution in [1.29, 1.82) is 0 Å². The summed E-state index contributed by atoms with van der Waals surface area (Å²) >= 11 is 0. The van der Waals surface area contributed by atoms with Gasteiger partial charge in [-0.3, -0.25) is 9.59 Å². The van der Waals surface area contributed by atoms with Gasteiger partial charge in [0.2, 0.25) is 11.8 Å². The first-order chi connectivity index (χ1) is 13.8. The van der Waals surface area contributed by atoms with Gasteiger partial charge < -0.3 is 19.6 Å². The molecule has 7 nitrogen and oxygen atoms in total. The highest BCUT2D eigenvalue weighted by molar-refractivity contribution is 5.97. The number of allylic oxidation sites excluding steroid dienone is 2. The van der Waals surface area contributed by atoms with Gasteiger partial charge in [-0.1, -0.05) is 13.0 Å². The van der Waals surface area contributed by atoms with Crippen molar-refractivity contribution in [1.82, 2.24) is 14.8 Å². The number of hydrogen-bond donors (Lipinski definition) is 1. The van der Waals surface area contributed by atoms with Gasteiger partial charge in [-0.2, -0.15) is 0 Å². The van der Waals surface area contributed by atoms with Crippen LogP contribution in [0.4, 0.5) is 0 Å². The van der Waals surface area contributed by atoms with Gasteiger partial charge in [-0.05, 0) is 43.4 Å². The summed E-state index contributed by atoms with van der Waals surface area (Å²) in [5.41, 5.74) is 2.57. The zero-order valence-corrected chi connectivity index (χ0v) is 17.7. The van der Waals surface area contributed by atoms with Gasteiger partial charge in [0.25, 0.3) is 5.91 Å². The number of carbonyl (C=O) groups is 2. The Morgan fingerprint density at radius 3 is 2.86 bits per heavy atom. The van der Waals surface area contributed by atoms with E-state index in [1.54, 1.807) is 23.0 Å². The quantitative estimate of drug-likeness (QED) is 0.819. The van der Waals surface area contributed by atoms with Crippen molar-refractivity contribution in [3.63, 3.8) is 0 Å². The van der Waals surface area contributed by atoms with E-state index in [9.17, 15) is 14.7 Å². The van der Waals surface area contributed by atoms with Crippen molar-refractivity contribution in [2.24, 2.45) is 5.92 Å². The Bertz CT molecular complexity index is 807. The number of hydrogen-bond acceptors (Lipinski definition) is 5. The summed E-state index contributed by atoms with van der Waals surface area (Å²) in [4.78, 5) is 32.9. The molecule has 7 heteroatoms. The van der Waals surface area contributed by atoms with Crippen LogP contribution in [0.1, 0.15) is 56.0 Å². The van der Waals surface area contributed by atoms with Crippen molar-refractivity contribution in [2.75, 3.05) is 26.7 Å². The fourth-order valence-electron chi connectivity index (χ4n) is 3.83. The van der Waals surface area contributed by atoms with E-state index in [0.717, 1.165) is 24.8 Å². The number of pyridine rings is 1. The Kier molecular flexibility index (Phi) is 6.57. The molecule has 2 amide bonds. The van der Waals surface area contributed by atoms with E-state index in [2.05, 4.69) is 11.1 Å². The number of nitrogens with zero attached hydrogens (tertiary/aromatic N) is 3. The molecule has 29 heavy (non-hydrogen) atoms. The first kappa shape index (κ1) is 21.3. The molecule has 2 heterocycles. The van der Waals surface area contributed by atoms with Gasteiger partial charge in [0.1, 0.15) is 11.7 Å². The third kappa shape index (κ3) is 4.61. The fourth-order valence-corrected chi connectivity index (χ4v) is 3.83. The average molecular weight is 402 g/mol. The minimum atomic E-state index is -0.323. The van der Waals surface area contributed by atoms with Gasteiger partial charge in [-0.15, -0.1) is 0 Å². The van der Waals surface area contributed by atoms with Crippen molar-refractivity contribution in [2.45, 2.75) is 52.2 Å². The van der Waals surface area contributed by atoms with Crippen LogP contribution in [0.5, 0.6) is 5.88 Å². The molecule has 1 aliphatic carbocycles. The molecule has 0 bridgehead atoms. The Morgan fingerprint density at radius 1 is 1.48 bits per heavy atom. The highest BCUT2D eigenvalue weighted by Crippen LogP contribution is 2.32. The number of aliphatic hydroxyl groups excluding tert-OH is 1. The van der Waals surface area contributed by atoms with Crippen LogP contribution in [0.25, 0.3) is 5.57 Å². The van der Waals surface area contributed by atoms with E-state index < -0.39 is 0 Å². The van der Waals surface area contributed by atoms with E-state index in [1.807, 2.05) is 19.9 Å². The van der Waals surface area contributed by atoms with E-state index >= 15 is 0 Å². The zero-order valence-electron chi connectivity index (χ0n) is 17.7. The molecule has 0 saturated heterocycles. The Hall–Kier alpha value is -2.41.